The molecule has 0 N–H and O–H groups in total. The fourth-order valence-corrected chi connectivity index (χ4v) is 1.83. The first kappa shape index (κ1) is 15.1. The van der Waals surface area contributed by atoms with Crippen LogP contribution in [0.1, 0.15) is 48.7 Å². The molecule has 0 unspecified atom stereocenters. The molecule has 0 radical (unpaired) electrons. The van der Waals surface area contributed by atoms with Crippen LogP contribution < -0.4 is 0 Å². The van der Waals surface area contributed by atoms with Gasteiger partial charge in [0.2, 0.25) is 0 Å². The van der Waals surface area contributed by atoms with Crippen LogP contribution in [-0.2, 0) is 4.74 Å². The summed E-state index contributed by atoms with van der Waals surface area (Å²) in [5.74, 6) is -0.741. The SMILES string of the molecule is CCN(C(=O)c1cccc(C(=O)OC)n1)C(C)(C)C. The number of nitrogens with zero attached hydrogens (tertiary/aromatic N) is 2. The van der Waals surface area contributed by atoms with Gasteiger partial charge < -0.3 is 9.64 Å². The molecule has 0 spiro atoms. The summed E-state index contributed by atoms with van der Waals surface area (Å²) >= 11 is 0. The first-order chi connectivity index (χ1) is 8.81. The Kier molecular flexibility index (Phi) is 4.64. The predicted molar refractivity (Wildman–Crippen MR) is 72.0 cm³/mol. The molecule has 0 fully saturated rings. The number of rotatable bonds is 3. The highest BCUT2D eigenvalue weighted by molar-refractivity contribution is 5.94. The third kappa shape index (κ3) is 3.53. The fourth-order valence-electron chi connectivity index (χ4n) is 1.83. The molecule has 0 aliphatic heterocycles. The molecular weight excluding hydrogens is 244 g/mol. The molecule has 1 amide bonds. The summed E-state index contributed by atoms with van der Waals surface area (Å²) in [6.45, 7) is 8.36. The Morgan fingerprint density at radius 2 is 1.84 bits per heavy atom. The van der Waals surface area contributed by atoms with Gasteiger partial charge in [0, 0.05) is 12.1 Å². The van der Waals surface area contributed by atoms with Crippen LogP contribution in [0.4, 0.5) is 0 Å². The van der Waals surface area contributed by atoms with E-state index in [1.807, 2.05) is 27.7 Å². The molecule has 5 heteroatoms. The first-order valence-electron chi connectivity index (χ1n) is 6.18. The molecule has 104 valence electrons. The van der Waals surface area contributed by atoms with Gasteiger partial charge in [-0.25, -0.2) is 9.78 Å². The van der Waals surface area contributed by atoms with Gasteiger partial charge in [0.1, 0.15) is 11.4 Å². The lowest BCUT2D eigenvalue weighted by atomic mass is 10.1. The third-order valence-corrected chi connectivity index (χ3v) is 2.73. The molecule has 1 aromatic rings. The van der Waals surface area contributed by atoms with Crippen molar-refractivity contribution in [3.8, 4) is 0 Å². The van der Waals surface area contributed by atoms with Crippen molar-refractivity contribution < 1.29 is 14.3 Å². The van der Waals surface area contributed by atoms with Crippen LogP contribution in [0.25, 0.3) is 0 Å². The molecule has 19 heavy (non-hydrogen) atoms. The Bertz CT molecular complexity index is 478. The van der Waals surface area contributed by atoms with Gasteiger partial charge >= 0.3 is 5.97 Å². The van der Waals surface area contributed by atoms with Gasteiger partial charge in [0.05, 0.1) is 7.11 Å². The first-order valence-corrected chi connectivity index (χ1v) is 6.18. The summed E-state index contributed by atoms with van der Waals surface area (Å²) in [6.07, 6.45) is 0. The van der Waals surface area contributed by atoms with Crippen LogP contribution in [-0.4, -0.2) is 41.0 Å². The van der Waals surface area contributed by atoms with Gasteiger partial charge in [0.15, 0.2) is 0 Å². The number of carbonyl (C=O) groups is 2. The molecular formula is C14H20N2O3. The normalized spacial score (nSPS) is 11.0. The molecule has 5 nitrogen and oxygen atoms in total. The van der Waals surface area contributed by atoms with Crippen molar-refractivity contribution in [1.29, 1.82) is 0 Å². The molecule has 0 saturated carbocycles. The van der Waals surface area contributed by atoms with Gasteiger partial charge in [-0.3, -0.25) is 4.79 Å². The van der Waals surface area contributed by atoms with E-state index in [4.69, 9.17) is 0 Å². The van der Waals surface area contributed by atoms with E-state index in [1.165, 1.54) is 13.2 Å². The molecule has 0 atom stereocenters. The molecule has 1 aromatic heterocycles. The number of esters is 1. The Hall–Kier alpha value is -1.91. The second-order valence-electron chi connectivity index (χ2n) is 5.12. The van der Waals surface area contributed by atoms with Gasteiger partial charge in [-0.15, -0.1) is 0 Å². The summed E-state index contributed by atoms with van der Waals surface area (Å²) in [4.78, 5) is 29.6. The number of methoxy groups -OCH3 is 1. The minimum absolute atomic E-state index is 0.137. The summed E-state index contributed by atoms with van der Waals surface area (Å²) in [7, 11) is 1.28. The summed E-state index contributed by atoms with van der Waals surface area (Å²) in [5, 5.41) is 0. The zero-order chi connectivity index (χ0) is 14.6. The second-order valence-corrected chi connectivity index (χ2v) is 5.12. The standard InChI is InChI=1S/C14H20N2O3/c1-6-16(14(2,3)4)12(17)10-8-7-9-11(15-10)13(18)19-5/h7-9H,6H2,1-5H3. The zero-order valence-electron chi connectivity index (χ0n) is 12.1. The number of hydrogen-bond acceptors (Lipinski definition) is 4. The number of aromatic nitrogens is 1. The maximum atomic E-state index is 12.4. The van der Waals surface area contributed by atoms with Gasteiger partial charge in [-0.05, 0) is 39.8 Å². The van der Waals surface area contributed by atoms with E-state index in [9.17, 15) is 9.59 Å². The second kappa shape index (κ2) is 5.82. The van der Waals surface area contributed by atoms with Crippen LogP contribution in [0.2, 0.25) is 0 Å². The summed E-state index contributed by atoms with van der Waals surface area (Å²) < 4.78 is 4.60. The van der Waals surface area contributed by atoms with Gasteiger partial charge in [-0.2, -0.15) is 0 Å². The average Bonchev–Trinajstić information content (AvgIpc) is 2.37. The Morgan fingerprint density at radius 3 is 2.32 bits per heavy atom. The largest absolute Gasteiger partial charge is 0.464 e. The molecule has 0 saturated heterocycles. The number of amides is 1. The smallest absolute Gasteiger partial charge is 0.356 e. The third-order valence-electron chi connectivity index (χ3n) is 2.73. The zero-order valence-corrected chi connectivity index (χ0v) is 12.1. The van der Waals surface area contributed by atoms with Crippen LogP contribution >= 0.6 is 0 Å². The monoisotopic (exact) mass is 264 g/mol. The average molecular weight is 264 g/mol. The van der Waals surface area contributed by atoms with E-state index in [1.54, 1.807) is 17.0 Å². The molecule has 0 aliphatic rings. The van der Waals surface area contributed by atoms with Crippen molar-refractivity contribution in [2.45, 2.75) is 33.2 Å². The van der Waals surface area contributed by atoms with E-state index in [0.717, 1.165) is 0 Å². The Balaban J connectivity index is 3.09. The molecule has 1 heterocycles. The van der Waals surface area contributed by atoms with Crippen molar-refractivity contribution in [2.24, 2.45) is 0 Å². The fraction of sp³-hybridized carbons (Fsp3) is 0.500. The Morgan fingerprint density at radius 1 is 1.26 bits per heavy atom. The number of ether oxygens (including phenoxy) is 1. The number of pyridine rings is 1. The van der Waals surface area contributed by atoms with Crippen LogP contribution in [0.3, 0.4) is 0 Å². The van der Waals surface area contributed by atoms with Crippen molar-refractivity contribution in [2.75, 3.05) is 13.7 Å². The topological polar surface area (TPSA) is 59.5 Å². The summed E-state index contributed by atoms with van der Waals surface area (Å²) in [5.41, 5.74) is 0.0902. The highest BCUT2D eigenvalue weighted by atomic mass is 16.5. The van der Waals surface area contributed by atoms with Crippen molar-refractivity contribution >= 4 is 11.9 Å². The van der Waals surface area contributed by atoms with Gasteiger partial charge in [-0.1, -0.05) is 6.07 Å². The number of carbonyl (C=O) groups excluding carboxylic acids is 2. The molecule has 0 aliphatic carbocycles. The van der Waals surface area contributed by atoms with E-state index < -0.39 is 5.97 Å². The van der Waals surface area contributed by atoms with E-state index in [2.05, 4.69) is 9.72 Å². The maximum Gasteiger partial charge on any atom is 0.356 e. The van der Waals surface area contributed by atoms with E-state index in [0.29, 0.717) is 6.54 Å². The minimum Gasteiger partial charge on any atom is -0.464 e. The predicted octanol–water partition coefficient (Wildman–Crippen LogP) is 2.13. The molecule has 1 rings (SSSR count). The minimum atomic E-state index is -0.548. The van der Waals surface area contributed by atoms with Crippen LogP contribution in [0, 0.1) is 0 Å². The number of hydrogen-bond donors (Lipinski definition) is 0. The molecule has 0 bridgehead atoms. The van der Waals surface area contributed by atoms with E-state index in [-0.39, 0.29) is 22.8 Å². The quantitative estimate of drug-likeness (QED) is 0.785. The highest BCUT2D eigenvalue weighted by Crippen LogP contribution is 2.16. The maximum absolute atomic E-state index is 12.4. The molecule has 0 aromatic carbocycles. The Labute approximate surface area is 113 Å². The lowest BCUT2D eigenvalue weighted by Crippen LogP contribution is -2.45. The summed E-state index contributed by atoms with van der Waals surface area (Å²) in [6, 6.07) is 4.75. The lowest BCUT2D eigenvalue weighted by Gasteiger charge is -2.34. The highest BCUT2D eigenvalue weighted by Gasteiger charge is 2.27. The van der Waals surface area contributed by atoms with E-state index >= 15 is 0 Å². The lowest BCUT2D eigenvalue weighted by molar-refractivity contribution is 0.0586. The van der Waals surface area contributed by atoms with Crippen LogP contribution in [0.5, 0.6) is 0 Å². The van der Waals surface area contributed by atoms with Gasteiger partial charge in [0.25, 0.3) is 5.91 Å². The van der Waals surface area contributed by atoms with Crippen molar-refractivity contribution in [1.82, 2.24) is 9.88 Å². The van der Waals surface area contributed by atoms with Crippen molar-refractivity contribution in [3.63, 3.8) is 0 Å². The van der Waals surface area contributed by atoms with Crippen molar-refractivity contribution in [3.05, 3.63) is 29.6 Å². The van der Waals surface area contributed by atoms with Crippen LogP contribution in [0.15, 0.2) is 18.2 Å².